The van der Waals surface area contributed by atoms with Crippen molar-refractivity contribution in [2.24, 2.45) is 5.41 Å². The largest absolute Gasteiger partial charge is 0.468 e. The van der Waals surface area contributed by atoms with Crippen molar-refractivity contribution < 1.29 is 9.53 Å². The van der Waals surface area contributed by atoms with Gasteiger partial charge >= 0.3 is 5.97 Å². The van der Waals surface area contributed by atoms with Crippen LogP contribution < -0.4 is 5.32 Å². The molecule has 23 heavy (non-hydrogen) atoms. The third-order valence-electron chi connectivity index (χ3n) is 4.91. The first-order valence-corrected chi connectivity index (χ1v) is 8.10. The summed E-state index contributed by atoms with van der Waals surface area (Å²) < 4.78 is 4.84. The Kier molecular flexibility index (Phi) is 4.49. The zero-order chi connectivity index (χ0) is 16.3. The average Bonchev–Trinajstić information content (AvgIpc) is 2.62. The first-order valence-electron chi connectivity index (χ1n) is 8.10. The van der Waals surface area contributed by atoms with Crippen LogP contribution in [0.4, 0.5) is 0 Å². The van der Waals surface area contributed by atoms with Crippen molar-refractivity contribution in [3.05, 3.63) is 66.3 Å². The lowest BCUT2D eigenvalue weighted by Gasteiger charge is -2.40. The molecule has 1 aliphatic heterocycles. The van der Waals surface area contributed by atoms with Gasteiger partial charge in [-0.3, -0.25) is 4.79 Å². The standard InChI is InChI=1S/C20H23NO2/c1-3-15-13-20(12-10-18(21-14-20)19(22)23-2)11-9-17(15)16-7-5-4-6-8-16/h3-9,13,18,21H,1,10-12,14H2,2H3/t18-,20?/m0/s1. The Morgan fingerprint density at radius 2 is 2.17 bits per heavy atom. The van der Waals surface area contributed by atoms with Crippen LogP contribution in [0, 0.1) is 5.41 Å². The summed E-state index contributed by atoms with van der Waals surface area (Å²) in [4.78, 5) is 11.7. The van der Waals surface area contributed by atoms with Crippen LogP contribution >= 0.6 is 0 Å². The minimum atomic E-state index is -0.175. The topological polar surface area (TPSA) is 38.3 Å². The van der Waals surface area contributed by atoms with E-state index in [2.05, 4.69) is 48.3 Å². The number of benzene rings is 1. The molecule has 1 aromatic carbocycles. The quantitative estimate of drug-likeness (QED) is 0.869. The fourth-order valence-electron chi connectivity index (χ4n) is 3.55. The van der Waals surface area contributed by atoms with E-state index in [0.29, 0.717) is 0 Å². The minimum absolute atomic E-state index is 0.0757. The van der Waals surface area contributed by atoms with Gasteiger partial charge in [-0.15, -0.1) is 0 Å². The highest BCUT2D eigenvalue weighted by Gasteiger charge is 2.37. The van der Waals surface area contributed by atoms with Gasteiger partial charge in [-0.05, 0) is 36.0 Å². The van der Waals surface area contributed by atoms with E-state index in [1.54, 1.807) is 0 Å². The van der Waals surface area contributed by atoms with Gasteiger partial charge in [0, 0.05) is 12.0 Å². The number of ether oxygens (including phenoxy) is 1. The lowest BCUT2D eigenvalue weighted by molar-refractivity contribution is -0.144. The molecule has 2 aliphatic rings. The van der Waals surface area contributed by atoms with Crippen LogP contribution in [0.2, 0.25) is 0 Å². The minimum Gasteiger partial charge on any atom is -0.468 e. The van der Waals surface area contributed by atoms with Crippen LogP contribution in [0.5, 0.6) is 0 Å². The first-order chi connectivity index (χ1) is 11.2. The molecular formula is C20H23NO2. The molecule has 0 saturated carbocycles. The molecule has 3 heteroatoms. The van der Waals surface area contributed by atoms with E-state index in [1.165, 1.54) is 23.8 Å². The van der Waals surface area contributed by atoms with E-state index >= 15 is 0 Å². The number of piperidine rings is 1. The fourth-order valence-corrected chi connectivity index (χ4v) is 3.55. The van der Waals surface area contributed by atoms with E-state index in [-0.39, 0.29) is 17.4 Å². The van der Waals surface area contributed by atoms with Crippen molar-refractivity contribution in [1.29, 1.82) is 0 Å². The number of rotatable bonds is 3. The summed E-state index contributed by atoms with van der Waals surface area (Å²) in [6.45, 7) is 4.79. The van der Waals surface area contributed by atoms with Gasteiger partial charge in [0.25, 0.3) is 0 Å². The predicted octanol–water partition coefficient (Wildman–Crippen LogP) is 3.50. The summed E-state index contributed by atoms with van der Waals surface area (Å²) in [7, 11) is 1.44. The molecule has 0 amide bonds. The second-order valence-corrected chi connectivity index (χ2v) is 6.35. The summed E-state index contributed by atoms with van der Waals surface area (Å²) in [6.07, 6.45) is 9.36. The van der Waals surface area contributed by atoms with E-state index in [1.807, 2.05) is 12.1 Å². The summed E-state index contributed by atoms with van der Waals surface area (Å²) in [5, 5.41) is 3.35. The van der Waals surface area contributed by atoms with Crippen LogP contribution in [0.3, 0.4) is 0 Å². The Bertz CT molecular complexity index is 649. The Morgan fingerprint density at radius 1 is 1.39 bits per heavy atom. The lowest BCUT2D eigenvalue weighted by Crippen LogP contribution is -2.49. The molecule has 0 radical (unpaired) electrons. The molecular weight excluding hydrogens is 286 g/mol. The van der Waals surface area contributed by atoms with E-state index in [4.69, 9.17) is 4.74 Å². The van der Waals surface area contributed by atoms with Crippen LogP contribution in [-0.4, -0.2) is 25.7 Å². The van der Waals surface area contributed by atoms with E-state index in [9.17, 15) is 4.79 Å². The number of nitrogens with one attached hydrogen (secondary N) is 1. The molecule has 1 spiro atoms. The van der Waals surface area contributed by atoms with Gasteiger partial charge in [0.15, 0.2) is 0 Å². The predicted molar refractivity (Wildman–Crippen MR) is 92.8 cm³/mol. The van der Waals surface area contributed by atoms with Crippen LogP contribution in [-0.2, 0) is 9.53 Å². The number of hydrogen-bond donors (Lipinski definition) is 1. The van der Waals surface area contributed by atoms with Crippen molar-refractivity contribution in [2.45, 2.75) is 25.3 Å². The van der Waals surface area contributed by atoms with E-state index in [0.717, 1.165) is 25.8 Å². The molecule has 3 rings (SSSR count). The summed E-state index contributed by atoms with van der Waals surface area (Å²) in [5.74, 6) is -0.163. The van der Waals surface area contributed by atoms with Crippen molar-refractivity contribution in [2.75, 3.05) is 13.7 Å². The molecule has 1 saturated heterocycles. The van der Waals surface area contributed by atoms with Gasteiger partial charge in [0.05, 0.1) is 7.11 Å². The normalized spacial score (nSPS) is 27.1. The number of esters is 1. The Labute approximate surface area is 137 Å². The van der Waals surface area contributed by atoms with Gasteiger partial charge in [-0.2, -0.15) is 0 Å². The van der Waals surface area contributed by atoms with Crippen LogP contribution in [0.25, 0.3) is 5.57 Å². The maximum absolute atomic E-state index is 11.7. The van der Waals surface area contributed by atoms with E-state index < -0.39 is 0 Å². The van der Waals surface area contributed by atoms with Crippen LogP contribution in [0.15, 0.2) is 60.7 Å². The number of carbonyl (C=O) groups excluding carboxylic acids is 1. The van der Waals surface area contributed by atoms with Gasteiger partial charge in [-0.25, -0.2) is 0 Å². The maximum atomic E-state index is 11.7. The Morgan fingerprint density at radius 3 is 2.78 bits per heavy atom. The Balaban J connectivity index is 1.79. The molecule has 120 valence electrons. The molecule has 2 atom stereocenters. The second-order valence-electron chi connectivity index (χ2n) is 6.35. The molecule has 1 unspecified atom stereocenters. The first kappa shape index (κ1) is 15.8. The molecule has 0 aromatic heterocycles. The van der Waals surface area contributed by atoms with Gasteiger partial charge in [-0.1, -0.05) is 55.1 Å². The number of allylic oxidation sites excluding steroid dienone is 4. The van der Waals surface area contributed by atoms with Crippen molar-refractivity contribution in [3.8, 4) is 0 Å². The van der Waals surface area contributed by atoms with Crippen LogP contribution in [0.1, 0.15) is 24.8 Å². The van der Waals surface area contributed by atoms with Gasteiger partial charge < -0.3 is 10.1 Å². The monoisotopic (exact) mass is 309 g/mol. The smallest absolute Gasteiger partial charge is 0.322 e. The highest BCUT2D eigenvalue weighted by Crippen LogP contribution is 2.42. The Hall–Kier alpha value is -2.13. The van der Waals surface area contributed by atoms with Crippen molar-refractivity contribution >= 4 is 11.5 Å². The molecule has 1 heterocycles. The second kappa shape index (κ2) is 6.55. The zero-order valence-electron chi connectivity index (χ0n) is 13.5. The SMILES string of the molecule is C=CC1=CC2(CC=C1c1ccccc1)CC[C@@H](C(=O)OC)NC2. The molecule has 1 fully saturated rings. The molecule has 1 aliphatic carbocycles. The fraction of sp³-hybridized carbons (Fsp3) is 0.350. The average molecular weight is 309 g/mol. The summed E-state index contributed by atoms with van der Waals surface area (Å²) >= 11 is 0. The third-order valence-corrected chi connectivity index (χ3v) is 4.91. The molecule has 0 bridgehead atoms. The third kappa shape index (κ3) is 3.15. The maximum Gasteiger partial charge on any atom is 0.322 e. The van der Waals surface area contributed by atoms with Crippen molar-refractivity contribution in [1.82, 2.24) is 5.32 Å². The molecule has 1 N–H and O–H groups in total. The molecule has 3 nitrogen and oxygen atoms in total. The highest BCUT2D eigenvalue weighted by atomic mass is 16.5. The lowest BCUT2D eigenvalue weighted by atomic mass is 9.70. The zero-order valence-corrected chi connectivity index (χ0v) is 13.5. The van der Waals surface area contributed by atoms with Crippen molar-refractivity contribution in [3.63, 3.8) is 0 Å². The summed E-state index contributed by atoms with van der Waals surface area (Å²) in [5.41, 5.74) is 3.73. The van der Waals surface area contributed by atoms with Gasteiger partial charge in [0.1, 0.15) is 6.04 Å². The van der Waals surface area contributed by atoms with Gasteiger partial charge in [0.2, 0.25) is 0 Å². The number of methoxy groups -OCH3 is 1. The summed E-state index contributed by atoms with van der Waals surface area (Å²) in [6, 6.07) is 10.2. The number of carbonyl (C=O) groups is 1. The highest BCUT2D eigenvalue weighted by molar-refractivity contribution is 5.83. The molecule has 1 aromatic rings. The number of hydrogen-bond acceptors (Lipinski definition) is 3.